The minimum Gasteiger partial charge on any atom is -0.381 e. The summed E-state index contributed by atoms with van der Waals surface area (Å²) in [5.41, 5.74) is 0. The van der Waals surface area contributed by atoms with Gasteiger partial charge in [-0.3, -0.25) is 0 Å². The van der Waals surface area contributed by atoms with Crippen molar-refractivity contribution in [2.45, 2.75) is 52.5 Å². The molecule has 108 valence electrons. The quantitative estimate of drug-likeness (QED) is 0.650. The predicted molar refractivity (Wildman–Crippen MR) is 78.0 cm³/mol. The number of rotatable bonds is 10. The Bertz CT molecular complexity index is 187. The van der Waals surface area contributed by atoms with Gasteiger partial charge < -0.3 is 15.0 Å². The van der Waals surface area contributed by atoms with Crippen molar-refractivity contribution >= 4 is 0 Å². The first-order chi connectivity index (χ1) is 8.81. The van der Waals surface area contributed by atoms with Gasteiger partial charge in [0.25, 0.3) is 0 Å². The lowest BCUT2D eigenvalue weighted by Gasteiger charge is -2.30. The van der Waals surface area contributed by atoms with Crippen LogP contribution in [-0.4, -0.2) is 50.3 Å². The summed E-state index contributed by atoms with van der Waals surface area (Å²) in [6.45, 7) is 13.5. The molecule has 1 heterocycles. The Morgan fingerprint density at radius 3 is 2.39 bits per heavy atom. The highest BCUT2D eigenvalue weighted by Gasteiger charge is 2.26. The summed E-state index contributed by atoms with van der Waals surface area (Å²) in [5, 5.41) is 3.74. The summed E-state index contributed by atoms with van der Waals surface area (Å²) in [6.07, 6.45) is 4.95. The van der Waals surface area contributed by atoms with E-state index in [1.807, 2.05) is 0 Å². The van der Waals surface area contributed by atoms with Gasteiger partial charge in [-0.15, -0.1) is 0 Å². The molecule has 2 unspecified atom stereocenters. The topological polar surface area (TPSA) is 24.5 Å². The molecular formula is C15H32N2O. The third kappa shape index (κ3) is 5.68. The molecule has 1 N–H and O–H groups in total. The zero-order chi connectivity index (χ0) is 13.2. The van der Waals surface area contributed by atoms with Gasteiger partial charge in [-0.25, -0.2) is 0 Å². The fourth-order valence-corrected chi connectivity index (χ4v) is 2.79. The van der Waals surface area contributed by atoms with Crippen LogP contribution in [0.5, 0.6) is 0 Å². The maximum atomic E-state index is 5.56. The van der Waals surface area contributed by atoms with Crippen LogP contribution >= 0.6 is 0 Å². The lowest BCUT2D eigenvalue weighted by molar-refractivity contribution is 0.160. The van der Waals surface area contributed by atoms with Gasteiger partial charge in [0.1, 0.15) is 0 Å². The molecule has 3 nitrogen and oxygen atoms in total. The van der Waals surface area contributed by atoms with Gasteiger partial charge in [0.2, 0.25) is 0 Å². The highest BCUT2D eigenvalue weighted by Crippen LogP contribution is 2.18. The fraction of sp³-hybridized carbons (Fsp3) is 1.00. The molecule has 2 atom stereocenters. The Morgan fingerprint density at radius 2 is 1.89 bits per heavy atom. The lowest BCUT2D eigenvalue weighted by atomic mass is 9.98. The Kier molecular flexibility index (Phi) is 8.64. The molecule has 0 aliphatic carbocycles. The summed E-state index contributed by atoms with van der Waals surface area (Å²) in [7, 11) is 0. The van der Waals surface area contributed by atoms with E-state index in [0.29, 0.717) is 12.0 Å². The molecule has 1 saturated heterocycles. The normalized spacial score (nSPS) is 21.7. The van der Waals surface area contributed by atoms with Crippen LogP contribution in [0.25, 0.3) is 0 Å². The van der Waals surface area contributed by atoms with Crippen LogP contribution in [0.1, 0.15) is 46.5 Å². The summed E-state index contributed by atoms with van der Waals surface area (Å²) in [5.74, 6) is 0.716. The SMILES string of the molecule is CCCNC(CN(CCC)CCC)C1CCOC1. The number of nitrogens with one attached hydrogen (secondary N) is 1. The summed E-state index contributed by atoms with van der Waals surface area (Å²) in [6, 6.07) is 0.616. The molecule has 3 heteroatoms. The highest BCUT2D eigenvalue weighted by molar-refractivity contribution is 4.82. The average molecular weight is 256 g/mol. The van der Waals surface area contributed by atoms with Crippen molar-refractivity contribution in [2.75, 3.05) is 39.4 Å². The van der Waals surface area contributed by atoms with Crippen molar-refractivity contribution in [2.24, 2.45) is 5.92 Å². The summed E-state index contributed by atoms with van der Waals surface area (Å²) >= 11 is 0. The van der Waals surface area contributed by atoms with Gasteiger partial charge in [0.05, 0.1) is 6.61 Å². The molecule has 0 spiro atoms. The van der Waals surface area contributed by atoms with Crippen molar-refractivity contribution in [3.63, 3.8) is 0 Å². The van der Waals surface area contributed by atoms with Gasteiger partial charge in [0.15, 0.2) is 0 Å². The Morgan fingerprint density at radius 1 is 1.17 bits per heavy atom. The zero-order valence-electron chi connectivity index (χ0n) is 12.6. The molecule has 18 heavy (non-hydrogen) atoms. The number of hydrogen-bond donors (Lipinski definition) is 1. The smallest absolute Gasteiger partial charge is 0.0510 e. The second-order valence-corrected chi connectivity index (χ2v) is 5.48. The third-order valence-corrected chi connectivity index (χ3v) is 3.73. The Balaban J connectivity index is 2.45. The van der Waals surface area contributed by atoms with Gasteiger partial charge >= 0.3 is 0 Å². The van der Waals surface area contributed by atoms with Gasteiger partial charge in [-0.2, -0.15) is 0 Å². The van der Waals surface area contributed by atoms with Crippen molar-refractivity contribution in [1.82, 2.24) is 10.2 Å². The molecule has 1 rings (SSSR count). The molecule has 0 bridgehead atoms. The zero-order valence-corrected chi connectivity index (χ0v) is 12.6. The van der Waals surface area contributed by atoms with E-state index in [9.17, 15) is 0 Å². The first-order valence-corrected chi connectivity index (χ1v) is 7.85. The van der Waals surface area contributed by atoms with E-state index in [2.05, 4.69) is 31.0 Å². The maximum absolute atomic E-state index is 5.56. The van der Waals surface area contributed by atoms with Crippen LogP contribution in [0.2, 0.25) is 0 Å². The van der Waals surface area contributed by atoms with Gasteiger partial charge in [0, 0.05) is 25.1 Å². The van der Waals surface area contributed by atoms with Crippen LogP contribution in [-0.2, 0) is 4.74 Å². The molecule has 0 radical (unpaired) electrons. The van der Waals surface area contributed by atoms with E-state index in [0.717, 1.165) is 19.8 Å². The fourth-order valence-electron chi connectivity index (χ4n) is 2.79. The van der Waals surface area contributed by atoms with E-state index in [1.54, 1.807) is 0 Å². The van der Waals surface area contributed by atoms with Gasteiger partial charge in [-0.05, 0) is 45.3 Å². The van der Waals surface area contributed by atoms with E-state index in [4.69, 9.17) is 4.74 Å². The standard InChI is InChI=1S/C15H32N2O/c1-4-8-16-15(14-7-11-18-13-14)12-17(9-5-2)10-6-3/h14-16H,4-13H2,1-3H3. The lowest BCUT2D eigenvalue weighted by Crippen LogP contribution is -2.46. The first-order valence-electron chi connectivity index (χ1n) is 7.85. The molecule has 0 aromatic carbocycles. The van der Waals surface area contributed by atoms with Crippen molar-refractivity contribution in [3.05, 3.63) is 0 Å². The van der Waals surface area contributed by atoms with Crippen LogP contribution in [0.15, 0.2) is 0 Å². The Hall–Kier alpha value is -0.120. The van der Waals surface area contributed by atoms with E-state index in [1.165, 1.54) is 45.3 Å². The average Bonchev–Trinajstić information content (AvgIpc) is 2.88. The second kappa shape index (κ2) is 9.76. The van der Waals surface area contributed by atoms with Crippen LogP contribution in [0.3, 0.4) is 0 Å². The van der Waals surface area contributed by atoms with Crippen molar-refractivity contribution in [1.29, 1.82) is 0 Å². The number of hydrogen-bond acceptors (Lipinski definition) is 3. The van der Waals surface area contributed by atoms with Crippen molar-refractivity contribution in [3.8, 4) is 0 Å². The molecule has 1 fully saturated rings. The predicted octanol–water partition coefficient (Wildman–Crippen LogP) is 2.51. The first kappa shape index (κ1) is 15.9. The minimum absolute atomic E-state index is 0.616. The maximum Gasteiger partial charge on any atom is 0.0510 e. The molecule has 0 amide bonds. The van der Waals surface area contributed by atoms with E-state index < -0.39 is 0 Å². The molecular weight excluding hydrogens is 224 g/mol. The molecule has 0 aromatic heterocycles. The van der Waals surface area contributed by atoms with Crippen LogP contribution < -0.4 is 5.32 Å². The number of nitrogens with zero attached hydrogens (tertiary/aromatic N) is 1. The molecule has 0 aromatic rings. The molecule has 1 aliphatic heterocycles. The van der Waals surface area contributed by atoms with E-state index in [-0.39, 0.29) is 0 Å². The largest absolute Gasteiger partial charge is 0.381 e. The van der Waals surface area contributed by atoms with E-state index >= 15 is 0 Å². The summed E-state index contributed by atoms with van der Waals surface area (Å²) < 4.78 is 5.56. The molecule has 0 saturated carbocycles. The Labute approximate surface area is 113 Å². The molecule has 1 aliphatic rings. The monoisotopic (exact) mass is 256 g/mol. The van der Waals surface area contributed by atoms with Crippen LogP contribution in [0, 0.1) is 5.92 Å². The van der Waals surface area contributed by atoms with Crippen molar-refractivity contribution < 1.29 is 4.74 Å². The van der Waals surface area contributed by atoms with Crippen LogP contribution in [0.4, 0.5) is 0 Å². The highest BCUT2D eigenvalue weighted by atomic mass is 16.5. The number of ether oxygens (including phenoxy) is 1. The third-order valence-electron chi connectivity index (χ3n) is 3.73. The summed E-state index contributed by atoms with van der Waals surface area (Å²) in [4.78, 5) is 2.62. The second-order valence-electron chi connectivity index (χ2n) is 5.48. The minimum atomic E-state index is 0.616. The van der Waals surface area contributed by atoms with Gasteiger partial charge in [-0.1, -0.05) is 20.8 Å².